The molecule has 1 saturated heterocycles. The van der Waals surface area contributed by atoms with Crippen molar-refractivity contribution in [1.29, 1.82) is 0 Å². The average molecular weight is 552 g/mol. The lowest BCUT2D eigenvalue weighted by atomic mass is 9.91. The minimum Gasteiger partial charge on any atom is -0.478 e. The van der Waals surface area contributed by atoms with Crippen LogP contribution in [0.5, 0.6) is 0 Å². The Labute approximate surface area is 232 Å². The van der Waals surface area contributed by atoms with Crippen molar-refractivity contribution >= 4 is 23.8 Å². The summed E-state index contributed by atoms with van der Waals surface area (Å²) in [5.41, 5.74) is 3.71. The highest BCUT2D eigenvalue weighted by molar-refractivity contribution is 7.99. The predicted molar refractivity (Wildman–Crippen MR) is 147 cm³/mol. The zero-order valence-electron chi connectivity index (χ0n) is 21.9. The lowest BCUT2D eigenvalue weighted by molar-refractivity contribution is -0.268. The molecule has 0 unspecified atom stereocenters. The summed E-state index contributed by atoms with van der Waals surface area (Å²) in [6.45, 7) is 4.83. The van der Waals surface area contributed by atoms with E-state index in [0.717, 1.165) is 22.3 Å². The minimum absolute atomic E-state index is 0.0380. The van der Waals surface area contributed by atoms with Crippen molar-refractivity contribution in [3.05, 3.63) is 94.7 Å². The van der Waals surface area contributed by atoms with Gasteiger partial charge in [-0.05, 0) is 35.7 Å². The standard InChI is InChI=1S/C29H33N3O6S/c1-3-30-29(36)32-15-19-6-12-22(13-7-19)28-37-24(17-39-26-23(27(34)35)5-4-14-31-26)18(2)25(38-28)21-10-8-20(16-33)9-11-21/h4-14,18,24-25,28,33H,3,15-17H2,1-2H3,(H,34,35)(H2,30,32,36)/t18-,24+,25+,28+/m1/s1. The van der Waals surface area contributed by atoms with Crippen LogP contribution >= 0.6 is 11.8 Å². The van der Waals surface area contributed by atoms with Crippen molar-refractivity contribution < 1.29 is 29.3 Å². The molecule has 1 aliphatic heterocycles. The molecule has 0 aliphatic carbocycles. The number of aromatic nitrogens is 1. The lowest BCUT2D eigenvalue weighted by Crippen LogP contribution is -2.38. The number of hydrogen-bond acceptors (Lipinski definition) is 7. The molecule has 2 heterocycles. The summed E-state index contributed by atoms with van der Waals surface area (Å²) in [7, 11) is 0. The Hall–Kier alpha value is -3.44. The number of aliphatic hydroxyl groups excluding tert-OH is 1. The Morgan fingerprint density at radius 2 is 1.67 bits per heavy atom. The van der Waals surface area contributed by atoms with Crippen molar-refractivity contribution in [2.75, 3.05) is 12.3 Å². The number of carbonyl (C=O) groups is 2. The van der Waals surface area contributed by atoms with Gasteiger partial charge in [0.25, 0.3) is 0 Å². The van der Waals surface area contributed by atoms with Crippen LogP contribution in [0.25, 0.3) is 0 Å². The largest absolute Gasteiger partial charge is 0.478 e. The number of carboxylic acid groups (broad SMARTS) is 1. The maximum Gasteiger partial charge on any atom is 0.338 e. The van der Waals surface area contributed by atoms with Gasteiger partial charge in [0.2, 0.25) is 0 Å². The number of rotatable bonds is 10. The highest BCUT2D eigenvalue weighted by Crippen LogP contribution is 2.43. The average Bonchev–Trinajstić information content (AvgIpc) is 2.96. The first-order valence-corrected chi connectivity index (χ1v) is 13.8. The van der Waals surface area contributed by atoms with Gasteiger partial charge in [0.15, 0.2) is 6.29 Å². The summed E-state index contributed by atoms with van der Waals surface area (Å²) in [5, 5.41) is 25.0. The molecule has 1 fully saturated rings. The van der Waals surface area contributed by atoms with Crippen LogP contribution in [0.1, 0.15) is 58.9 Å². The van der Waals surface area contributed by atoms with Gasteiger partial charge >= 0.3 is 12.0 Å². The molecule has 0 spiro atoms. The topological polar surface area (TPSA) is 130 Å². The van der Waals surface area contributed by atoms with E-state index in [1.807, 2.05) is 55.5 Å². The quantitative estimate of drug-likeness (QED) is 0.268. The maximum absolute atomic E-state index is 11.7. The van der Waals surface area contributed by atoms with E-state index in [2.05, 4.69) is 22.5 Å². The van der Waals surface area contributed by atoms with Crippen LogP contribution in [0.15, 0.2) is 71.9 Å². The fraction of sp³-hybridized carbons (Fsp3) is 0.345. The number of aliphatic hydroxyl groups is 1. The van der Waals surface area contributed by atoms with Gasteiger partial charge in [-0.25, -0.2) is 14.6 Å². The van der Waals surface area contributed by atoms with E-state index in [-0.39, 0.29) is 36.3 Å². The van der Waals surface area contributed by atoms with E-state index in [1.54, 1.807) is 18.3 Å². The van der Waals surface area contributed by atoms with Gasteiger partial charge in [-0.3, -0.25) is 0 Å². The van der Waals surface area contributed by atoms with E-state index in [1.165, 1.54) is 11.8 Å². The number of carboxylic acids is 1. The molecular formula is C29H33N3O6S. The Morgan fingerprint density at radius 3 is 2.33 bits per heavy atom. The molecule has 10 heteroatoms. The number of thioether (sulfide) groups is 1. The van der Waals surface area contributed by atoms with Gasteiger partial charge in [-0.15, -0.1) is 11.8 Å². The summed E-state index contributed by atoms with van der Waals surface area (Å²) < 4.78 is 12.9. The third-order valence-corrected chi connectivity index (χ3v) is 7.65. The van der Waals surface area contributed by atoms with Crippen LogP contribution < -0.4 is 10.6 Å². The van der Waals surface area contributed by atoms with Crippen LogP contribution in [-0.2, 0) is 22.6 Å². The van der Waals surface area contributed by atoms with E-state index in [9.17, 15) is 19.8 Å². The summed E-state index contributed by atoms with van der Waals surface area (Å²) >= 11 is 1.35. The number of nitrogens with zero attached hydrogens (tertiary/aromatic N) is 1. The molecule has 4 rings (SSSR count). The molecule has 206 valence electrons. The molecule has 4 N–H and O–H groups in total. The van der Waals surface area contributed by atoms with Gasteiger partial charge < -0.3 is 30.3 Å². The van der Waals surface area contributed by atoms with Crippen molar-refractivity contribution in [3.63, 3.8) is 0 Å². The van der Waals surface area contributed by atoms with Gasteiger partial charge in [-0.1, -0.05) is 55.5 Å². The number of nitrogens with one attached hydrogen (secondary N) is 2. The first-order valence-electron chi connectivity index (χ1n) is 12.8. The minimum atomic E-state index is -1.02. The van der Waals surface area contributed by atoms with E-state index in [4.69, 9.17) is 9.47 Å². The number of amides is 2. The Bertz CT molecular complexity index is 1250. The van der Waals surface area contributed by atoms with Crippen LogP contribution in [0.3, 0.4) is 0 Å². The Kier molecular flexibility index (Phi) is 9.94. The van der Waals surface area contributed by atoms with Crippen LogP contribution in [0, 0.1) is 5.92 Å². The molecule has 0 saturated carbocycles. The number of ether oxygens (including phenoxy) is 2. The first-order chi connectivity index (χ1) is 18.9. The number of carbonyl (C=O) groups excluding carboxylic acids is 1. The summed E-state index contributed by atoms with van der Waals surface area (Å²) in [5.74, 6) is -0.586. The van der Waals surface area contributed by atoms with Gasteiger partial charge in [0.1, 0.15) is 5.03 Å². The molecule has 0 bridgehead atoms. The number of aromatic carboxylic acids is 1. The number of urea groups is 1. The Morgan fingerprint density at radius 1 is 0.974 bits per heavy atom. The monoisotopic (exact) mass is 551 g/mol. The number of pyridine rings is 1. The molecule has 2 amide bonds. The molecule has 0 radical (unpaired) electrons. The van der Waals surface area contributed by atoms with Crippen molar-refractivity contribution in [3.8, 4) is 0 Å². The smallest absolute Gasteiger partial charge is 0.338 e. The highest BCUT2D eigenvalue weighted by Gasteiger charge is 2.38. The molecular weight excluding hydrogens is 518 g/mol. The highest BCUT2D eigenvalue weighted by atomic mass is 32.2. The molecule has 2 aromatic carbocycles. The van der Waals surface area contributed by atoms with Crippen molar-refractivity contribution in [2.45, 2.75) is 50.5 Å². The molecule has 4 atom stereocenters. The molecule has 1 aromatic heterocycles. The van der Waals surface area contributed by atoms with Crippen molar-refractivity contribution in [1.82, 2.24) is 15.6 Å². The zero-order valence-corrected chi connectivity index (χ0v) is 22.7. The van der Waals surface area contributed by atoms with Crippen LogP contribution in [0.4, 0.5) is 4.79 Å². The number of hydrogen-bond donors (Lipinski definition) is 4. The normalized spacial score (nSPS) is 20.8. The number of benzene rings is 2. The molecule has 1 aliphatic rings. The third kappa shape index (κ3) is 7.36. The van der Waals surface area contributed by atoms with Gasteiger partial charge in [0, 0.05) is 36.5 Å². The fourth-order valence-electron chi connectivity index (χ4n) is 4.34. The maximum atomic E-state index is 11.7. The summed E-state index contributed by atoms with van der Waals surface area (Å²) in [6, 6.07) is 18.3. The van der Waals surface area contributed by atoms with E-state index in [0.29, 0.717) is 23.9 Å². The van der Waals surface area contributed by atoms with E-state index < -0.39 is 12.3 Å². The van der Waals surface area contributed by atoms with E-state index >= 15 is 0 Å². The second kappa shape index (κ2) is 13.6. The first kappa shape index (κ1) is 28.6. The molecule has 9 nitrogen and oxygen atoms in total. The molecule has 3 aromatic rings. The van der Waals surface area contributed by atoms with Gasteiger partial charge in [0.05, 0.1) is 24.4 Å². The van der Waals surface area contributed by atoms with Crippen LogP contribution in [-0.4, -0.2) is 45.6 Å². The summed E-state index contributed by atoms with van der Waals surface area (Å²) in [6.07, 6.45) is 0.380. The second-order valence-electron chi connectivity index (χ2n) is 9.25. The van der Waals surface area contributed by atoms with Gasteiger partial charge in [-0.2, -0.15) is 0 Å². The fourth-order valence-corrected chi connectivity index (χ4v) is 5.49. The van der Waals surface area contributed by atoms with Crippen molar-refractivity contribution in [2.24, 2.45) is 5.92 Å². The lowest BCUT2D eigenvalue weighted by Gasteiger charge is -2.41. The zero-order chi connectivity index (χ0) is 27.8. The SMILES string of the molecule is CCNC(=O)NCc1ccc([C@H]2O[C@@H](CSc3ncccc3C(=O)O)[C@@H](C)[C@@H](c3ccc(CO)cc3)O2)cc1. The second-order valence-corrected chi connectivity index (χ2v) is 10.3. The molecule has 39 heavy (non-hydrogen) atoms. The summed E-state index contributed by atoms with van der Waals surface area (Å²) in [4.78, 5) is 27.6. The third-order valence-electron chi connectivity index (χ3n) is 6.55. The predicted octanol–water partition coefficient (Wildman–Crippen LogP) is 4.67. The van der Waals surface area contributed by atoms with Crippen LogP contribution in [0.2, 0.25) is 0 Å². The Balaban J connectivity index is 1.54.